The second-order valence-corrected chi connectivity index (χ2v) is 9.37. The lowest BCUT2D eigenvalue weighted by molar-refractivity contribution is -0.526. The zero-order valence-corrected chi connectivity index (χ0v) is 22.2. The van der Waals surface area contributed by atoms with E-state index < -0.39 is 17.6 Å². The first kappa shape index (κ1) is 27.9. The predicted octanol–water partition coefficient (Wildman–Crippen LogP) is 5.57. The minimum absolute atomic E-state index is 0.0130. The summed E-state index contributed by atoms with van der Waals surface area (Å²) in [6, 6.07) is 12.7. The van der Waals surface area contributed by atoms with Crippen LogP contribution in [0, 0.1) is 27.4 Å². The zero-order valence-electron chi connectivity index (χ0n) is 22.2. The van der Waals surface area contributed by atoms with Crippen molar-refractivity contribution >= 4 is 0 Å². The van der Waals surface area contributed by atoms with Crippen LogP contribution in [0.4, 0.5) is 0 Å². The number of rotatable bonds is 13. The van der Waals surface area contributed by atoms with Gasteiger partial charge >= 0.3 is 0 Å². The average Bonchev–Trinajstić information content (AvgIpc) is 2.93. The summed E-state index contributed by atoms with van der Waals surface area (Å²) in [5.74, 6) is 2.63. The first-order chi connectivity index (χ1) is 17.8. The van der Waals surface area contributed by atoms with E-state index in [0.717, 1.165) is 12.0 Å². The molecule has 0 saturated heterocycles. The van der Waals surface area contributed by atoms with Crippen molar-refractivity contribution in [3.63, 3.8) is 0 Å². The molecule has 9 heteroatoms. The SMILES string of the molecule is CCC(C)C(C#N)(CCCC(CC1COc2ccccc2O1)[N+](=O)[O-])c1cc(OC)c(OC)c(OC)c1. The van der Waals surface area contributed by atoms with Gasteiger partial charge in [0.15, 0.2) is 23.0 Å². The Labute approximate surface area is 218 Å². The van der Waals surface area contributed by atoms with Gasteiger partial charge in [0.1, 0.15) is 12.7 Å². The van der Waals surface area contributed by atoms with Crippen LogP contribution in [0.2, 0.25) is 0 Å². The van der Waals surface area contributed by atoms with Gasteiger partial charge < -0.3 is 23.7 Å². The molecule has 0 N–H and O–H groups in total. The first-order valence-electron chi connectivity index (χ1n) is 12.6. The number of fused-ring (bicyclic) bond motifs is 1. The molecule has 200 valence electrons. The molecule has 1 heterocycles. The Morgan fingerprint density at radius 3 is 2.35 bits per heavy atom. The van der Waals surface area contributed by atoms with Gasteiger partial charge in [0.2, 0.25) is 11.8 Å². The maximum Gasteiger partial charge on any atom is 0.216 e. The van der Waals surface area contributed by atoms with E-state index in [1.807, 2.05) is 44.2 Å². The van der Waals surface area contributed by atoms with E-state index in [1.165, 1.54) is 21.3 Å². The van der Waals surface area contributed by atoms with Gasteiger partial charge in [0.25, 0.3) is 0 Å². The maximum absolute atomic E-state index is 11.9. The Morgan fingerprint density at radius 1 is 1.16 bits per heavy atom. The molecule has 9 nitrogen and oxygen atoms in total. The summed E-state index contributed by atoms with van der Waals surface area (Å²) in [5, 5.41) is 22.4. The Bertz CT molecular complexity index is 1090. The van der Waals surface area contributed by atoms with Crippen LogP contribution in [0.1, 0.15) is 51.5 Å². The number of nitrogens with zero attached hydrogens (tertiary/aromatic N) is 2. The number of nitro groups is 1. The normalized spacial score (nSPS) is 17.6. The van der Waals surface area contributed by atoms with Crippen LogP contribution in [0.25, 0.3) is 0 Å². The molecule has 0 spiro atoms. The molecule has 4 unspecified atom stereocenters. The molecule has 1 aliphatic heterocycles. The van der Waals surface area contributed by atoms with Crippen LogP contribution in [-0.2, 0) is 5.41 Å². The number of hydrogen-bond acceptors (Lipinski definition) is 8. The number of para-hydroxylation sites is 2. The van der Waals surface area contributed by atoms with Crippen molar-refractivity contribution in [1.29, 1.82) is 5.26 Å². The molecule has 4 atom stereocenters. The lowest BCUT2D eigenvalue weighted by Crippen LogP contribution is -2.36. The number of benzene rings is 2. The van der Waals surface area contributed by atoms with Crippen molar-refractivity contribution in [2.45, 2.75) is 63.5 Å². The van der Waals surface area contributed by atoms with Gasteiger partial charge in [0.05, 0.1) is 39.2 Å². The van der Waals surface area contributed by atoms with Crippen LogP contribution in [0.15, 0.2) is 36.4 Å². The highest BCUT2D eigenvalue weighted by Gasteiger charge is 2.39. The van der Waals surface area contributed by atoms with Crippen molar-refractivity contribution in [3.05, 3.63) is 52.1 Å². The fourth-order valence-corrected chi connectivity index (χ4v) is 5.00. The highest BCUT2D eigenvalue weighted by atomic mass is 16.6. The second kappa shape index (κ2) is 12.5. The molecule has 0 aliphatic carbocycles. The fraction of sp³-hybridized carbons (Fsp3) is 0.536. The van der Waals surface area contributed by atoms with Crippen LogP contribution in [0.3, 0.4) is 0 Å². The monoisotopic (exact) mass is 512 g/mol. The van der Waals surface area contributed by atoms with Crippen LogP contribution in [0.5, 0.6) is 28.7 Å². The van der Waals surface area contributed by atoms with E-state index in [1.54, 1.807) is 6.07 Å². The summed E-state index contributed by atoms with van der Waals surface area (Å²) in [4.78, 5) is 11.7. The molecule has 1 aliphatic rings. The van der Waals surface area contributed by atoms with E-state index in [0.29, 0.717) is 48.0 Å². The van der Waals surface area contributed by atoms with Crippen molar-refractivity contribution in [1.82, 2.24) is 0 Å². The predicted molar refractivity (Wildman–Crippen MR) is 138 cm³/mol. The largest absolute Gasteiger partial charge is 0.493 e. The van der Waals surface area contributed by atoms with Crippen LogP contribution >= 0.6 is 0 Å². The first-order valence-corrected chi connectivity index (χ1v) is 12.6. The Morgan fingerprint density at radius 2 is 1.81 bits per heavy atom. The third kappa shape index (κ3) is 6.01. The molecular weight excluding hydrogens is 476 g/mol. The number of ether oxygens (including phenoxy) is 5. The van der Waals surface area contributed by atoms with Gasteiger partial charge in [0, 0.05) is 11.3 Å². The molecule has 0 aromatic heterocycles. The van der Waals surface area contributed by atoms with Crippen molar-refractivity contribution < 1.29 is 28.6 Å². The second-order valence-electron chi connectivity index (χ2n) is 9.37. The van der Waals surface area contributed by atoms with E-state index in [9.17, 15) is 15.4 Å². The summed E-state index contributed by atoms with van der Waals surface area (Å²) in [6.45, 7) is 4.33. The third-order valence-corrected chi connectivity index (χ3v) is 7.34. The molecule has 0 amide bonds. The Hall–Kier alpha value is -3.67. The van der Waals surface area contributed by atoms with Gasteiger partial charge in [-0.1, -0.05) is 32.4 Å². The molecule has 3 rings (SSSR count). The highest BCUT2D eigenvalue weighted by Crippen LogP contribution is 2.46. The van der Waals surface area contributed by atoms with Gasteiger partial charge in [-0.3, -0.25) is 10.1 Å². The molecule has 0 radical (unpaired) electrons. The zero-order chi connectivity index (χ0) is 27.0. The van der Waals surface area contributed by atoms with E-state index in [2.05, 4.69) is 6.07 Å². The lowest BCUT2D eigenvalue weighted by Gasteiger charge is -2.34. The standard InChI is InChI=1S/C28H36N2O7/c1-6-19(2)28(18-29,20-14-25(33-3)27(35-5)26(15-20)34-4)13-9-10-21(30(31)32)16-22-17-36-23-11-7-8-12-24(23)37-22/h7-8,11-12,14-15,19,21-22H,6,9-10,13,16-17H2,1-5H3. The fourth-order valence-electron chi connectivity index (χ4n) is 5.00. The van der Waals surface area contributed by atoms with Gasteiger partial charge in [-0.15, -0.1) is 0 Å². The Kier molecular flexibility index (Phi) is 9.45. The molecule has 37 heavy (non-hydrogen) atoms. The van der Waals surface area contributed by atoms with E-state index >= 15 is 0 Å². The number of nitriles is 1. The summed E-state index contributed by atoms with van der Waals surface area (Å²) >= 11 is 0. The molecule has 0 fully saturated rings. The third-order valence-electron chi connectivity index (χ3n) is 7.34. The summed E-state index contributed by atoms with van der Waals surface area (Å²) in [5.41, 5.74) is -0.135. The van der Waals surface area contributed by atoms with Crippen molar-refractivity contribution in [2.24, 2.45) is 5.92 Å². The topological polar surface area (TPSA) is 113 Å². The average molecular weight is 513 g/mol. The maximum atomic E-state index is 11.9. The summed E-state index contributed by atoms with van der Waals surface area (Å²) < 4.78 is 28.2. The van der Waals surface area contributed by atoms with Gasteiger partial charge in [-0.2, -0.15) is 5.26 Å². The number of methoxy groups -OCH3 is 3. The Balaban J connectivity index is 1.79. The van der Waals surface area contributed by atoms with Crippen LogP contribution in [-0.4, -0.2) is 45.0 Å². The minimum atomic E-state index is -0.883. The van der Waals surface area contributed by atoms with E-state index in [4.69, 9.17) is 23.7 Å². The van der Waals surface area contributed by atoms with Crippen LogP contribution < -0.4 is 23.7 Å². The summed E-state index contributed by atoms with van der Waals surface area (Å²) in [6.07, 6.45) is 1.84. The van der Waals surface area contributed by atoms with Gasteiger partial charge in [-0.25, -0.2) is 0 Å². The van der Waals surface area contributed by atoms with Crippen molar-refractivity contribution in [2.75, 3.05) is 27.9 Å². The molecule has 2 aromatic carbocycles. The smallest absolute Gasteiger partial charge is 0.216 e. The minimum Gasteiger partial charge on any atom is -0.493 e. The molecular formula is C28H36N2O7. The lowest BCUT2D eigenvalue weighted by atomic mass is 9.67. The molecule has 2 aromatic rings. The molecule has 0 bridgehead atoms. The van der Waals surface area contributed by atoms with Gasteiger partial charge in [-0.05, 0) is 48.6 Å². The van der Waals surface area contributed by atoms with E-state index in [-0.39, 0.29) is 23.9 Å². The quantitative estimate of drug-likeness (QED) is 0.253. The van der Waals surface area contributed by atoms with Crippen molar-refractivity contribution in [3.8, 4) is 34.8 Å². The summed E-state index contributed by atoms with van der Waals surface area (Å²) in [7, 11) is 4.61. The number of hydrogen-bond donors (Lipinski definition) is 0. The molecule has 0 saturated carbocycles. The highest BCUT2D eigenvalue weighted by molar-refractivity contribution is 5.56.